The maximum Gasteiger partial charge on any atom is 0.262 e. The van der Waals surface area contributed by atoms with Gasteiger partial charge in [0.15, 0.2) is 0 Å². The Hall–Kier alpha value is -0.780. The van der Waals surface area contributed by atoms with Crippen molar-refractivity contribution < 1.29 is 13.2 Å². The molecular formula is C14H17Cl2NO3S. The lowest BCUT2D eigenvalue weighted by Crippen LogP contribution is -2.33. The molecule has 0 saturated heterocycles. The molecule has 1 fully saturated rings. The van der Waals surface area contributed by atoms with Gasteiger partial charge in [0.2, 0.25) is 0 Å². The summed E-state index contributed by atoms with van der Waals surface area (Å²) in [5.74, 6) is -0.309. The zero-order valence-electron chi connectivity index (χ0n) is 11.8. The van der Waals surface area contributed by atoms with Gasteiger partial charge in [-0.2, -0.15) is 0 Å². The van der Waals surface area contributed by atoms with Crippen LogP contribution >= 0.6 is 22.3 Å². The fourth-order valence-corrected chi connectivity index (χ4v) is 4.15. The fourth-order valence-electron chi connectivity index (χ4n) is 2.66. The molecule has 0 aliphatic heterocycles. The molecule has 1 amide bonds. The molecule has 0 radical (unpaired) electrons. The Bertz CT molecular complexity index is 671. The van der Waals surface area contributed by atoms with Crippen LogP contribution in [-0.2, 0) is 9.05 Å². The molecule has 7 heteroatoms. The zero-order chi connectivity index (χ0) is 15.8. The predicted octanol–water partition coefficient (Wildman–Crippen LogP) is 3.58. The number of carbonyl (C=O) groups excluding carboxylic acids is 1. The number of nitrogens with one attached hydrogen (secondary N) is 1. The van der Waals surface area contributed by atoms with Crippen molar-refractivity contribution in [3.63, 3.8) is 0 Å². The van der Waals surface area contributed by atoms with Crippen LogP contribution < -0.4 is 5.32 Å². The molecule has 116 valence electrons. The molecule has 1 aliphatic rings. The molecule has 0 heterocycles. The van der Waals surface area contributed by atoms with Gasteiger partial charge in [-0.05, 0) is 42.9 Å². The van der Waals surface area contributed by atoms with Crippen LogP contribution in [0.25, 0.3) is 0 Å². The van der Waals surface area contributed by atoms with Crippen LogP contribution in [-0.4, -0.2) is 20.4 Å². The highest BCUT2D eigenvalue weighted by Crippen LogP contribution is 2.37. The molecule has 0 bridgehead atoms. The predicted molar refractivity (Wildman–Crippen MR) is 83.4 cm³/mol. The van der Waals surface area contributed by atoms with Crippen LogP contribution in [0, 0.1) is 5.41 Å². The monoisotopic (exact) mass is 349 g/mol. The third-order valence-corrected chi connectivity index (χ3v) is 5.56. The maximum atomic E-state index is 12.2. The van der Waals surface area contributed by atoms with Crippen molar-refractivity contribution in [3.8, 4) is 0 Å². The molecule has 1 aromatic carbocycles. The number of hydrogen-bond donors (Lipinski definition) is 1. The van der Waals surface area contributed by atoms with Crippen LogP contribution in [0.5, 0.6) is 0 Å². The van der Waals surface area contributed by atoms with Crippen molar-refractivity contribution in [1.82, 2.24) is 5.32 Å². The molecular weight excluding hydrogens is 333 g/mol. The lowest BCUT2D eigenvalue weighted by Gasteiger charge is -2.18. The van der Waals surface area contributed by atoms with Crippen molar-refractivity contribution in [2.75, 3.05) is 0 Å². The van der Waals surface area contributed by atoms with Crippen molar-refractivity contribution in [3.05, 3.63) is 28.8 Å². The molecule has 1 unspecified atom stereocenters. The number of carbonyl (C=O) groups is 1. The lowest BCUT2D eigenvalue weighted by atomic mass is 9.92. The molecule has 0 aromatic heterocycles. The average Bonchev–Trinajstić information content (AvgIpc) is 2.67. The first kappa shape index (κ1) is 16.6. The summed E-state index contributed by atoms with van der Waals surface area (Å²) in [5.41, 5.74) is 0.464. The van der Waals surface area contributed by atoms with E-state index in [1.165, 1.54) is 18.2 Å². The summed E-state index contributed by atoms with van der Waals surface area (Å²) in [7, 11) is 1.33. The first-order valence-corrected chi connectivity index (χ1v) is 9.32. The average molecular weight is 350 g/mol. The largest absolute Gasteiger partial charge is 0.349 e. The number of benzene rings is 1. The minimum absolute atomic E-state index is 0.00329. The maximum absolute atomic E-state index is 12.2. The zero-order valence-corrected chi connectivity index (χ0v) is 14.1. The van der Waals surface area contributed by atoms with Gasteiger partial charge in [0, 0.05) is 22.3 Å². The van der Waals surface area contributed by atoms with Crippen LogP contribution in [0.4, 0.5) is 0 Å². The third kappa shape index (κ3) is 4.11. The van der Waals surface area contributed by atoms with Gasteiger partial charge in [0.25, 0.3) is 15.0 Å². The Labute approximate surface area is 134 Å². The summed E-state index contributed by atoms with van der Waals surface area (Å²) in [6.45, 7) is 4.33. The van der Waals surface area contributed by atoms with Crippen molar-refractivity contribution in [2.24, 2.45) is 5.41 Å². The minimum atomic E-state index is -3.98. The highest BCUT2D eigenvalue weighted by Gasteiger charge is 2.32. The van der Waals surface area contributed by atoms with Gasteiger partial charge >= 0.3 is 0 Å². The Kier molecular flexibility index (Phi) is 4.57. The highest BCUT2D eigenvalue weighted by atomic mass is 35.7. The van der Waals surface area contributed by atoms with Crippen molar-refractivity contribution in [2.45, 2.75) is 44.0 Å². The molecule has 1 N–H and O–H groups in total. The van der Waals surface area contributed by atoms with E-state index in [1.807, 2.05) is 0 Å². The van der Waals surface area contributed by atoms with Crippen LogP contribution in [0.15, 0.2) is 23.1 Å². The van der Waals surface area contributed by atoms with E-state index in [4.69, 9.17) is 22.3 Å². The van der Waals surface area contributed by atoms with Gasteiger partial charge in [-0.15, -0.1) is 0 Å². The first-order chi connectivity index (χ1) is 9.58. The smallest absolute Gasteiger partial charge is 0.262 e. The quantitative estimate of drug-likeness (QED) is 0.848. The van der Waals surface area contributed by atoms with Crippen LogP contribution in [0.2, 0.25) is 5.02 Å². The lowest BCUT2D eigenvalue weighted by molar-refractivity contribution is 0.0936. The number of halogens is 2. The molecule has 1 atom stereocenters. The van der Waals surface area contributed by atoms with Crippen LogP contribution in [0.1, 0.15) is 43.5 Å². The van der Waals surface area contributed by atoms with E-state index in [9.17, 15) is 13.2 Å². The normalized spacial score (nSPS) is 21.2. The first-order valence-electron chi connectivity index (χ1n) is 6.64. The van der Waals surface area contributed by atoms with Gasteiger partial charge in [-0.3, -0.25) is 4.79 Å². The van der Waals surface area contributed by atoms with Gasteiger partial charge in [-0.25, -0.2) is 8.42 Å². The minimum Gasteiger partial charge on any atom is -0.349 e. The summed E-state index contributed by atoms with van der Waals surface area (Å²) in [6, 6.07) is 4.17. The SMILES string of the molecule is CC1(C)CCC(NC(=O)c2ccc(Cl)c(S(=O)(=O)Cl)c2)C1. The van der Waals surface area contributed by atoms with Crippen molar-refractivity contribution >= 4 is 37.2 Å². The standard InChI is InChI=1S/C14H17Cl2NO3S/c1-14(2)6-5-10(8-14)17-13(18)9-3-4-11(15)12(7-9)21(16,19)20/h3-4,7,10H,5-6,8H2,1-2H3,(H,17,18). The summed E-state index contributed by atoms with van der Waals surface area (Å²) >= 11 is 5.80. The summed E-state index contributed by atoms with van der Waals surface area (Å²) in [4.78, 5) is 12.0. The van der Waals surface area contributed by atoms with Crippen molar-refractivity contribution in [1.29, 1.82) is 0 Å². The van der Waals surface area contributed by atoms with Gasteiger partial charge in [-0.1, -0.05) is 25.4 Å². The molecule has 1 aromatic rings. The number of amides is 1. The van der Waals surface area contributed by atoms with Gasteiger partial charge in [0.05, 0.1) is 5.02 Å². The summed E-state index contributed by atoms with van der Waals surface area (Å²) < 4.78 is 22.8. The topological polar surface area (TPSA) is 63.2 Å². The molecule has 0 spiro atoms. The molecule has 4 nitrogen and oxygen atoms in total. The molecule has 1 saturated carbocycles. The molecule has 2 rings (SSSR count). The highest BCUT2D eigenvalue weighted by molar-refractivity contribution is 8.13. The van der Waals surface area contributed by atoms with E-state index >= 15 is 0 Å². The second kappa shape index (κ2) is 5.78. The Morgan fingerprint density at radius 3 is 2.57 bits per heavy atom. The van der Waals surface area contributed by atoms with E-state index in [-0.39, 0.29) is 32.8 Å². The summed E-state index contributed by atoms with van der Waals surface area (Å²) in [6.07, 6.45) is 2.89. The Morgan fingerprint density at radius 1 is 1.38 bits per heavy atom. The third-order valence-electron chi connectivity index (χ3n) is 3.76. The van der Waals surface area contributed by atoms with E-state index in [0.29, 0.717) is 0 Å². The van der Waals surface area contributed by atoms with Crippen LogP contribution in [0.3, 0.4) is 0 Å². The van der Waals surface area contributed by atoms with E-state index in [0.717, 1.165) is 19.3 Å². The van der Waals surface area contributed by atoms with E-state index < -0.39 is 9.05 Å². The van der Waals surface area contributed by atoms with Gasteiger partial charge < -0.3 is 5.32 Å². The number of rotatable bonds is 3. The summed E-state index contributed by atoms with van der Waals surface area (Å²) in [5, 5.41) is 2.93. The molecule has 21 heavy (non-hydrogen) atoms. The van der Waals surface area contributed by atoms with E-state index in [2.05, 4.69) is 19.2 Å². The van der Waals surface area contributed by atoms with E-state index in [1.54, 1.807) is 0 Å². The fraction of sp³-hybridized carbons (Fsp3) is 0.500. The second-order valence-corrected chi connectivity index (χ2v) is 9.10. The molecule has 1 aliphatic carbocycles. The second-order valence-electron chi connectivity index (χ2n) is 6.16. The Morgan fingerprint density at radius 2 is 2.05 bits per heavy atom. The van der Waals surface area contributed by atoms with Gasteiger partial charge in [0.1, 0.15) is 4.90 Å². The number of hydrogen-bond acceptors (Lipinski definition) is 3. The Balaban J connectivity index is 2.17.